The maximum absolute atomic E-state index is 12.5. The van der Waals surface area contributed by atoms with Crippen molar-refractivity contribution in [1.82, 2.24) is 15.1 Å². The second-order valence-corrected chi connectivity index (χ2v) is 8.56. The lowest BCUT2D eigenvalue weighted by atomic mass is 9.78. The van der Waals surface area contributed by atoms with Gasteiger partial charge in [-0.1, -0.05) is 50.4 Å². The molecule has 0 spiro atoms. The molecular weight excluding hydrogens is 346 g/mol. The molecule has 0 bridgehead atoms. The van der Waals surface area contributed by atoms with Gasteiger partial charge in [0.2, 0.25) is 5.91 Å². The van der Waals surface area contributed by atoms with Crippen molar-refractivity contribution in [2.24, 2.45) is 11.8 Å². The van der Waals surface area contributed by atoms with E-state index in [2.05, 4.69) is 41.1 Å². The fourth-order valence-electron chi connectivity index (χ4n) is 4.19. The predicted octanol–water partition coefficient (Wildman–Crippen LogP) is 3.40. The molecule has 1 aromatic carbocycles. The lowest BCUT2D eigenvalue weighted by Gasteiger charge is -2.36. The molecule has 26 heavy (non-hydrogen) atoms. The van der Waals surface area contributed by atoms with Crippen LogP contribution in [-0.4, -0.2) is 54.5 Å². The third-order valence-electron chi connectivity index (χ3n) is 6.20. The van der Waals surface area contributed by atoms with Crippen LogP contribution in [0.25, 0.3) is 0 Å². The highest BCUT2D eigenvalue weighted by Gasteiger charge is 2.28. The highest BCUT2D eigenvalue weighted by Crippen LogP contribution is 2.29. The molecule has 1 aromatic rings. The van der Waals surface area contributed by atoms with Crippen LogP contribution in [0.5, 0.6) is 0 Å². The SMILES string of the molecule is C[C@@H]1[C@H](C)CCC[C@@H]1NC(=O)CN1CCN(Cc2ccc(Cl)cc2)CC1. The first-order chi connectivity index (χ1) is 12.5. The summed E-state index contributed by atoms with van der Waals surface area (Å²) in [4.78, 5) is 17.2. The zero-order chi connectivity index (χ0) is 18.5. The Kier molecular flexibility index (Phi) is 6.96. The molecule has 2 fully saturated rings. The molecule has 2 aliphatic rings. The van der Waals surface area contributed by atoms with E-state index in [1.165, 1.54) is 18.4 Å². The van der Waals surface area contributed by atoms with Gasteiger partial charge in [0, 0.05) is 43.8 Å². The summed E-state index contributed by atoms with van der Waals surface area (Å²) in [6.07, 6.45) is 3.66. The van der Waals surface area contributed by atoms with Crippen LogP contribution in [0.15, 0.2) is 24.3 Å². The molecule has 1 amide bonds. The number of nitrogens with one attached hydrogen (secondary N) is 1. The predicted molar refractivity (Wildman–Crippen MR) is 107 cm³/mol. The molecule has 1 saturated carbocycles. The van der Waals surface area contributed by atoms with Gasteiger partial charge in [-0.15, -0.1) is 0 Å². The van der Waals surface area contributed by atoms with E-state index >= 15 is 0 Å². The van der Waals surface area contributed by atoms with Gasteiger partial charge in [0.1, 0.15) is 0 Å². The molecule has 0 radical (unpaired) electrons. The third-order valence-corrected chi connectivity index (χ3v) is 6.46. The molecule has 0 unspecified atom stereocenters. The maximum Gasteiger partial charge on any atom is 0.234 e. The number of hydrogen-bond donors (Lipinski definition) is 1. The topological polar surface area (TPSA) is 35.6 Å². The third kappa shape index (κ3) is 5.45. The average molecular weight is 378 g/mol. The van der Waals surface area contributed by atoms with E-state index in [9.17, 15) is 4.79 Å². The van der Waals surface area contributed by atoms with Crippen LogP contribution in [0.1, 0.15) is 38.7 Å². The molecule has 5 heteroatoms. The van der Waals surface area contributed by atoms with Crippen LogP contribution in [0.4, 0.5) is 0 Å². The van der Waals surface area contributed by atoms with Gasteiger partial charge in [0.25, 0.3) is 0 Å². The number of amides is 1. The molecule has 144 valence electrons. The Morgan fingerprint density at radius 2 is 1.73 bits per heavy atom. The van der Waals surface area contributed by atoms with Crippen LogP contribution in [0.2, 0.25) is 5.02 Å². The normalized spacial score (nSPS) is 28.0. The summed E-state index contributed by atoms with van der Waals surface area (Å²) in [5.74, 6) is 1.50. The monoisotopic (exact) mass is 377 g/mol. The molecular formula is C21H32ClN3O. The quantitative estimate of drug-likeness (QED) is 0.854. The van der Waals surface area contributed by atoms with Gasteiger partial charge in [-0.3, -0.25) is 14.6 Å². The zero-order valence-corrected chi connectivity index (χ0v) is 16.8. The molecule has 1 N–H and O–H groups in total. The Hall–Kier alpha value is -1.10. The molecule has 4 nitrogen and oxygen atoms in total. The number of rotatable bonds is 5. The molecule has 0 aromatic heterocycles. The van der Waals surface area contributed by atoms with Crippen LogP contribution in [0.3, 0.4) is 0 Å². The largest absolute Gasteiger partial charge is 0.352 e. The van der Waals surface area contributed by atoms with Crippen molar-refractivity contribution < 1.29 is 4.79 Å². The van der Waals surface area contributed by atoms with Gasteiger partial charge in [-0.25, -0.2) is 0 Å². The van der Waals surface area contributed by atoms with Gasteiger partial charge in [0.15, 0.2) is 0 Å². The number of nitrogens with zero attached hydrogens (tertiary/aromatic N) is 2. The Bertz CT molecular complexity index is 583. The Morgan fingerprint density at radius 3 is 2.42 bits per heavy atom. The average Bonchev–Trinajstić information content (AvgIpc) is 2.62. The van der Waals surface area contributed by atoms with E-state index < -0.39 is 0 Å². The summed E-state index contributed by atoms with van der Waals surface area (Å²) in [5.41, 5.74) is 1.29. The fraction of sp³-hybridized carbons (Fsp3) is 0.667. The summed E-state index contributed by atoms with van der Waals surface area (Å²) >= 11 is 5.95. The van der Waals surface area contributed by atoms with Crippen LogP contribution < -0.4 is 5.32 Å². The minimum absolute atomic E-state index is 0.196. The van der Waals surface area contributed by atoms with Gasteiger partial charge in [-0.2, -0.15) is 0 Å². The van der Waals surface area contributed by atoms with E-state index in [4.69, 9.17) is 11.6 Å². The van der Waals surface area contributed by atoms with E-state index in [1.54, 1.807) is 0 Å². The molecule has 3 atom stereocenters. The van der Waals surface area contributed by atoms with Gasteiger partial charge < -0.3 is 5.32 Å². The van der Waals surface area contributed by atoms with Crippen molar-refractivity contribution in [2.75, 3.05) is 32.7 Å². The summed E-state index contributed by atoms with van der Waals surface area (Å²) in [6.45, 7) is 10.0. The second-order valence-electron chi connectivity index (χ2n) is 8.12. The smallest absolute Gasteiger partial charge is 0.234 e. The van der Waals surface area contributed by atoms with E-state index in [0.717, 1.165) is 44.2 Å². The number of benzene rings is 1. The first kappa shape index (κ1) is 19.7. The van der Waals surface area contributed by atoms with E-state index in [0.29, 0.717) is 24.4 Å². The number of carbonyl (C=O) groups is 1. The molecule has 1 aliphatic carbocycles. The number of halogens is 1. The maximum atomic E-state index is 12.5. The van der Waals surface area contributed by atoms with Crippen LogP contribution in [0, 0.1) is 11.8 Å². The van der Waals surface area contributed by atoms with Gasteiger partial charge in [-0.05, 0) is 36.0 Å². The van der Waals surface area contributed by atoms with Crippen molar-refractivity contribution in [3.63, 3.8) is 0 Å². The number of hydrogen-bond acceptors (Lipinski definition) is 3. The van der Waals surface area contributed by atoms with Crippen molar-refractivity contribution in [1.29, 1.82) is 0 Å². The minimum Gasteiger partial charge on any atom is -0.352 e. The summed E-state index contributed by atoms with van der Waals surface area (Å²) < 4.78 is 0. The van der Waals surface area contributed by atoms with Crippen molar-refractivity contribution in [3.05, 3.63) is 34.9 Å². The van der Waals surface area contributed by atoms with Crippen molar-refractivity contribution >= 4 is 17.5 Å². The van der Waals surface area contributed by atoms with Crippen LogP contribution >= 0.6 is 11.6 Å². The summed E-state index contributed by atoms with van der Waals surface area (Å²) in [5, 5.41) is 4.08. The lowest BCUT2D eigenvalue weighted by molar-refractivity contribution is -0.124. The first-order valence-corrected chi connectivity index (χ1v) is 10.4. The Morgan fingerprint density at radius 1 is 1.08 bits per heavy atom. The van der Waals surface area contributed by atoms with Gasteiger partial charge in [0.05, 0.1) is 6.54 Å². The molecule has 1 heterocycles. The second kappa shape index (κ2) is 9.20. The Labute approximate surface area is 162 Å². The molecule has 1 saturated heterocycles. The first-order valence-electron chi connectivity index (χ1n) is 10.00. The Balaban J connectivity index is 1.39. The summed E-state index contributed by atoms with van der Waals surface area (Å²) in [7, 11) is 0. The van der Waals surface area contributed by atoms with E-state index in [1.807, 2.05) is 12.1 Å². The zero-order valence-electron chi connectivity index (χ0n) is 16.1. The number of carbonyl (C=O) groups excluding carboxylic acids is 1. The van der Waals surface area contributed by atoms with Gasteiger partial charge >= 0.3 is 0 Å². The molecule has 3 rings (SSSR count). The van der Waals surface area contributed by atoms with E-state index in [-0.39, 0.29) is 5.91 Å². The lowest BCUT2D eigenvalue weighted by Crippen LogP contribution is -2.51. The highest BCUT2D eigenvalue weighted by molar-refractivity contribution is 6.30. The van der Waals surface area contributed by atoms with Crippen LogP contribution in [-0.2, 0) is 11.3 Å². The summed E-state index contributed by atoms with van der Waals surface area (Å²) in [6, 6.07) is 8.44. The van der Waals surface area contributed by atoms with Crippen molar-refractivity contribution in [2.45, 2.75) is 45.7 Å². The fourth-order valence-corrected chi connectivity index (χ4v) is 4.32. The highest BCUT2D eigenvalue weighted by atomic mass is 35.5. The van der Waals surface area contributed by atoms with Crippen molar-refractivity contribution in [3.8, 4) is 0 Å². The standard InChI is InChI=1S/C21H32ClN3O/c1-16-4-3-5-20(17(16)2)23-21(26)15-25-12-10-24(11-13-25)14-18-6-8-19(22)9-7-18/h6-9,16-17,20H,3-5,10-15H2,1-2H3,(H,23,26)/t16-,17-,20+/m1/s1. The number of piperazine rings is 1. The minimum atomic E-state index is 0.196. The molecule has 1 aliphatic heterocycles.